The van der Waals surface area contributed by atoms with Crippen LogP contribution in [0.5, 0.6) is 0 Å². The van der Waals surface area contributed by atoms with Crippen molar-refractivity contribution in [2.24, 2.45) is 10.9 Å². The van der Waals surface area contributed by atoms with Crippen LogP contribution in [0.25, 0.3) is 0 Å². The summed E-state index contributed by atoms with van der Waals surface area (Å²) in [6.45, 7) is 6.97. The number of nitrogens with one attached hydrogen (secondary N) is 1. The highest BCUT2D eigenvalue weighted by atomic mass is 127. The Kier molecular flexibility index (Phi) is 6.83. The molecule has 1 heterocycles. The fourth-order valence-electron chi connectivity index (χ4n) is 3.47. The Morgan fingerprint density at radius 1 is 1.33 bits per heavy atom. The summed E-state index contributed by atoms with van der Waals surface area (Å²) in [5.74, 6) is 0.565. The standard InChI is InChI=1S/C18H25F2N3.HI/c1-3-21-18(23-9-5-6-12(2)11-23)22-16-10-13(16)17-14(19)7-4-8-15(17)20;/h4,7-8,12-13,16H,3,5-6,9-11H2,1-2H3,(H,21,22);1H. The summed E-state index contributed by atoms with van der Waals surface area (Å²) in [5, 5.41) is 3.43. The van der Waals surface area contributed by atoms with Gasteiger partial charge < -0.3 is 10.2 Å². The van der Waals surface area contributed by atoms with Crippen molar-refractivity contribution < 1.29 is 8.78 Å². The predicted octanol–water partition coefficient (Wildman–Crippen LogP) is 4.14. The first kappa shape index (κ1) is 19.4. The van der Waals surface area contributed by atoms with Gasteiger partial charge in [0.1, 0.15) is 11.6 Å². The van der Waals surface area contributed by atoms with E-state index in [-0.39, 0.29) is 41.5 Å². The fraction of sp³-hybridized carbons (Fsp3) is 0.611. The molecule has 1 aliphatic heterocycles. The molecular formula is C18H26F2IN3. The minimum Gasteiger partial charge on any atom is -0.353 e. The molecule has 1 saturated heterocycles. The topological polar surface area (TPSA) is 27.6 Å². The second kappa shape index (κ2) is 8.45. The zero-order valence-corrected chi connectivity index (χ0v) is 16.6. The van der Waals surface area contributed by atoms with Crippen molar-refractivity contribution >= 4 is 29.9 Å². The molecule has 1 aliphatic carbocycles. The third-order valence-electron chi connectivity index (χ3n) is 4.74. The van der Waals surface area contributed by atoms with Gasteiger partial charge in [0.2, 0.25) is 0 Å². The van der Waals surface area contributed by atoms with Gasteiger partial charge in [-0.2, -0.15) is 0 Å². The molecule has 24 heavy (non-hydrogen) atoms. The maximum atomic E-state index is 13.9. The third-order valence-corrected chi connectivity index (χ3v) is 4.74. The van der Waals surface area contributed by atoms with Gasteiger partial charge >= 0.3 is 0 Å². The molecule has 0 aromatic heterocycles. The molecule has 3 atom stereocenters. The summed E-state index contributed by atoms with van der Waals surface area (Å²) >= 11 is 0. The molecule has 0 radical (unpaired) electrons. The van der Waals surface area contributed by atoms with Crippen LogP contribution >= 0.6 is 24.0 Å². The summed E-state index contributed by atoms with van der Waals surface area (Å²) in [7, 11) is 0. The number of halogens is 3. The monoisotopic (exact) mass is 449 g/mol. The average molecular weight is 449 g/mol. The van der Waals surface area contributed by atoms with Crippen molar-refractivity contribution in [2.45, 2.75) is 45.1 Å². The highest BCUT2D eigenvalue weighted by molar-refractivity contribution is 14.0. The van der Waals surface area contributed by atoms with E-state index in [1.165, 1.54) is 31.0 Å². The quantitative estimate of drug-likeness (QED) is 0.427. The summed E-state index contributed by atoms with van der Waals surface area (Å²) in [5.41, 5.74) is 0.216. The number of benzene rings is 1. The summed E-state index contributed by atoms with van der Waals surface area (Å²) in [6.07, 6.45) is 3.17. The Morgan fingerprint density at radius 3 is 2.67 bits per heavy atom. The fourth-order valence-corrected chi connectivity index (χ4v) is 3.47. The molecule has 3 rings (SSSR count). The molecule has 2 aliphatic rings. The molecule has 0 bridgehead atoms. The molecule has 2 fully saturated rings. The number of hydrogen-bond acceptors (Lipinski definition) is 1. The van der Waals surface area contributed by atoms with Crippen LogP contribution in [0.2, 0.25) is 0 Å². The van der Waals surface area contributed by atoms with Gasteiger partial charge in [0.15, 0.2) is 5.96 Å². The van der Waals surface area contributed by atoms with E-state index in [2.05, 4.69) is 22.1 Å². The van der Waals surface area contributed by atoms with Crippen LogP contribution in [0.1, 0.15) is 44.6 Å². The van der Waals surface area contributed by atoms with Crippen LogP contribution in [-0.4, -0.2) is 36.5 Å². The van der Waals surface area contributed by atoms with Crippen molar-refractivity contribution in [3.8, 4) is 0 Å². The van der Waals surface area contributed by atoms with E-state index in [1.54, 1.807) is 0 Å². The molecule has 6 heteroatoms. The molecule has 1 N–H and O–H groups in total. The van der Waals surface area contributed by atoms with Gasteiger partial charge in [-0.25, -0.2) is 8.78 Å². The Hall–Kier alpha value is -0.920. The number of rotatable bonds is 3. The van der Waals surface area contributed by atoms with Gasteiger partial charge in [-0.15, -0.1) is 24.0 Å². The van der Waals surface area contributed by atoms with Crippen molar-refractivity contribution in [3.63, 3.8) is 0 Å². The average Bonchev–Trinajstić information content (AvgIpc) is 3.25. The number of guanidine groups is 1. The molecule has 1 aromatic rings. The van der Waals surface area contributed by atoms with Crippen LogP contribution in [0.15, 0.2) is 23.2 Å². The van der Waals surface area contributed by atoms with E-state index >= 15 is 0 Å². The van der Waals surface area contributed by atoms with Crippen LogP contribution < -0.4 is 5.32 Å². The largest absolute Gasteiger partial charge is 0.353 e. The zero-order chi connectivity index (χ0) is 16.4. The number of hydrogen-bond donors (Lipinski definition) is 1. The van der Waals surface area contributed by atoms with Gasteiger partial charge in [-0.1, -0.05) is 13.0 Å². The maximum absolute atomic E-state index is 13.9. The lowest BCUT2D eigenvalue weighted by Gasteiger charge is -2.33. The van der Waals surface area contributed by atoms with Crippen molar-refractivity contribution in [2.75, 3.05) is 19.6 Å². The number of likely N-dealkylation sites (tertiary alicyclic amines) is 1. The van der Waals surface area contributed by atoms with E-state index in [0.29, 0.717) is 12.5 Å². The van der Waals surface area contributed by atoms with Crippen LogP contribution in [0, 0.1) is 17.6 Å². The molecule has 134 valence electrons. The normalized spacial score (nSPS) is 26.8. The van der Waals surface area contributed by atoms with E-state index < -0.39 is 11.6 Å². The Morgan fingerprint density at radius 2 is 2.04 bits per heavy atom. The molecule has 0 amide bonds. The van der Waals surface area contributed by atoms with Gasteiger partial charge in [0.05, 0.1) is 0 Å². The first-order valence-electron chi connectivity index (χ1n) is 8.60. The van der Waals surface area contributed by atoms with Crippen LogP contribution in [0.3, 0.4) is 0 Å². The number of nitrogens with zero attached hydrogens (tertiary/aromatic N) is 2. The van der Waals surface area contributed by atoms with Gasteiger partial charge in [-0.3, -0.25) is 4.99 Å². The van der Waals surface area contributed by atoms with Crippen LogP contribution in [-0.2, 0) is 0 Å². The minimum absolute atomic E-state index is 0. The van der Waals surface area contributed by atoms with E-state index in [9.17, 15) is 8.78 Å². The summed E-state index contributed by atoms with van der Waals surface area (Å²) in [6, 6.07) is 4.16. The smallest absolute Gasteiger partial charge is 0.194 e. The number of piperidine rings is 1. The third kappa shape index (κ3) is 4.37. The Bertz CT molecular complexity index is 573. The molecule has 0 spiro atoms. The predicted molar refractivity (Wildman–Crippen MR) is 104 cm³/mol. The maximum Gasteiger partial charge on any atom is 0.194 e. The summed E-state index contributed by atoms with van der Waals surface area (Å²) < 4.78 is 27.8. The van der Waals surface area contributed by atoms with E-state index in [1.807, 2.05) is 6.92 Å². The highest BCUT2D eigenvalue weighted by Gasteiger charge is 2.43. The number of aliphatic imine (C=N–C) groups is 1. The second-order valence-electron chi connectivity index (χ2n) is 6.72. The lowest BCUT2D eigenvalue weighted by molar-refractivity contribution is 0.265. The molecular weight excluding hydrogens is 423 g/mol. The Balaban J connectivity index is 0.00000208. The van der Waals surface area contributed by atoms with E-state index in [0.717, 1.165) is 25.5 Å². The summed E-state index contributed by atoms with van der Waals surface area (Å²) in [4.78, 5) is 6.86. The van der Waals surface area contributed by atoms with Crippen LogP contribution in [0.4, 0.5) is 8.78 Å². The molecule has 1 saturated carbocycles. The lowest BCUT2D eigenvalue weighted by atomic mass is 10.0. The molecule has 1 aromatic carbocycles. The SMILES string of the molecule is CCN=C(NC1CC1c1c(F)cccc1F)N1CCCC(C)C1.I. The van der Waals surface area contributed by atoms with E-state index in [4.69, 9.17) is 0 Å². The molecule has 3 unspecified atom stereocenters. The highest BCUT2D eigenvalue weighted by Crippen LogP contribution is 2.43. The van der Waals surface area contributed by atoms with Gasteiger partial charge in [-0.05, 0) is 44.2 Å². The lowest BCUT2D eigenvalue weighted by Crippen LogP contribution is -2.47. The van der Waals surface area contributed by atoms with Crippen molar-refractivity contribution in [1.29, 1.82) is 0 Å². The Labute approximate surface area is 159 Å². The van der Waals surface area contributed by atoms with Crippen molar-refractivity contribution in [3.05, 3.63) is 35.4 Å². The second-order valence-corrected chi connectivity index (χ2v) is 6.72. The first-order valence-corrected chi connectivity index (χ1v) is 8.60. The first-order chi connectivity index (χ1) is 11.1. The van der Waals surface area contributed by atoms with Crippen molar-refractivity contribution in [1.82, 2.24) is 10.2 Å². The zero-order valence-electron chi connectivity index (χ0n) is 14.3. The van der Waals surface area contributed by atoms with Gasteiger partial charge in [0.25, 0.3) is 0 Å². The van der Waals surface area contributed by atoms with Gasteiger partial charge in [0, 0.05) is 37.2 Å². The minimum atomic E-state index is -0.445. The molecule has 3 nitrogen and oxygen atoms in total.